The van der Waals surface area contributed by atoms with Gasteiger partial charge in [0.25, 0.3) is 0 Å². The zero-order valence-electron chi connectivity index (χ0n) is 8.34. The Kier molecular flexibility index (Phi) is 2.49. The molecule has 0 saturated carbocycles. The van der Waals surface area contributed by atoms with Crippen LogP contribution in [-0.4, -0.2) is 15.5 Å². The van der Waals surface area contributed by atoms with Crippen LogP contribution in [-0.2, 0) is 4.79 Å². The summed E-state index contributed by atoms with van der Waals surface area (Å²) in [5.41, 5.74) is 1.81. The highest BCUT2D eigenvalue weighted by atomic mass is 16.1. The number of benzene rings is 1. The number of hydrogen-bond acceptors (Lipinski definition) is 2. The normalized spacial score (nSPS) is 9.93. The number of nitrogens with zero attached hydrogens (tertiary/aromatic N) is 2. The second kappa shape index (κ2) is 3.96. The summed E-state index contributed by atoms with van der Waals surface area (Å²) in [7, 11) is 0. The molecule has 2 aromatic rings. The first-order chi connectivity index (χ1) is 7.25. The van der Waals surface area contributed by atoms with E-state index in [0.717, 1.165) is 11.4 Å². The maximum atomic E-state index is 10.8. The molecule has 0 fully saturated rings. The summed E-state index contributed by atoms with van der Waals surface area (Å²) >= 11 is 0. The van der Waals surface area contributed by atoms with Gasteiger partial charge in [-0.25, -0.2) is 4.98 Å². The second-order valence-corrected chi connectivity index (χ2v) is 3.20. The molecule has 1 aromatic carbocycles. The number of amides is 1. The molecule has 0 radical (unpaired) electrons. The van der Waals surface area contributed by atoms with Crippen LogP contribution in [0.4, 0.5) is 5.69 Å². The largest absolute Gasteiger partial charge is 0.326 e. The number of anilines is 1. The molecule has 0 aliphatic heterocycles. The standard InChI is InChI=1S/C11H11N3O/c1-9(15)13-10-2-4-11(5-3-10)14-7-6-12-8-14/h2-8H,1H3,(H,13,15). The average Bonchev–Trinajstić information content (AvgIpc) is 2.71. The third-order valence-corrected chi connectivity index (χ3v) is 1.99. The highest BCUT2D eigenvalue weighted by Crippen LogP contribution is 2.12. The highest BCUT2D eigenvalue weighted by molar-refractivity contribution is 5.88. The third-order valence-electron chi connectivity index (χ3n) is 1.99. The molecule has 0 saturated heterocycles. The number of imidazole rings is 1. The lowest BCUT2D eigenvalue weighted by Gasteiger charge is -2.04. The molecular weight excluding hydrogens is 190 g/mol. The first kappa shape index (κ1) is 9.45. The van der Waals surface area contributed by atoms with Crippen molar-refractivity contribution in [3.05, 3.63) is 43.0 Å². The molecule has 0 bridgehead atoms. The quantitative estimate of drug-likeness (QED) is 0.805. The molecule has 1 amide bonds. The van der Waals surface area contributed by atoms with Gasteiger partial charge in [0.15, 0.2) is 0 Å². The highest BCUT2D eigenvalue weighted by Gasteiger charge is 1.97. The first-order valence-electron chi connectivity index (χ1n) is 4.62. The Labute approximate surface area is 87.6 Å². The minimum atomic E-state index is -0.0645. The zero-order valence-corrected chi connectivity index (χ0v) is 8.34. The van der Waals surface area contributed by atoms with Gasteiger partial charge < -0.3 is 9.88 Å². The van der Waals surface area contributed by atoms with E-state index in [4.69, 9.17) is 0 Å². The summed E-state index contributed by atoms with van der Waals surface area (Å²) in [5, 5.41) is 2.71. The number of hydrogen-bond donors (Lipinski definition) is 1. The van der Waals surface area contributed by atoms with Crippen LogP contribution in [0, 0.1) is 0 Å². The van der Waals surface area contributed by atoms with Crippen molar-refractivity contribution >= 4 is 11.6 Å². The maximum absolute atomic E-state index is 10.8. The van der Waals surface area contributed by atoms with E-state index < -0.39 is 0 Å². The van der Waals surface area contributed by atoms with Crippen LogP contribution in [0.5, 0.6) is 0 Å². The first-order valence-corrected chi connectivity index (χ1v) is 4.62. The lowest BCUT2D eigenvalue weighted by Crippen LogP contribution is -2.05. The second-order valence-electron chi connectivity index (χ2n) is 3.20. The molecular formula is C11H11N3O. The van der Waals surface area contributed by atoms with E-state index in [2.05, 4.69) is 10.3 Å². The van der Waals surface area contributed by atoms with Crippen molar-refractivity contribution in [3.8, 4) is 5.69 Å². The Morgan fingerprint density at radius 3 is 2.60 bits per heavy atom. The van der Waals surface area contributed by atoms with Crippen molar-refractivity contribution in [1.29, 1.82) is 0 Å². The van der Waals surface area contributed by atoms with Crippen LogP contribution >= 0.6 is 0 Å². The van der Waals surface area contributed by atoms with Gasteiger partial charge in [0.1, 0.15) is 0 Å². The number of carbonyl (C=O) groups is 1. The Hall–Kier alpha value is -2.10. The molecule has 0 atom stereocenters. The van der Waals surface area contributed by atoms with Crippen molar-refractivity contribution < 1.29 is 4.79 Å². The number of carbonyl (C=O) groups excluding carboxylic acids is 1. The van der Waals surface area contributed by atoms with Crippen molar-refractivity contribution in [1.82, 2.24) is 9.55 Å². The fourth-order valence-electron chi connectivity index (χ4n) is 1.33. The summed E-state index contributed by atoms with van der Waals surface area (Å²) in [6.07, 6.45) is 5.32. The van der Waals surface area contributed by atoms with Gasteiger partial charge in [-0.05, 0) is 24.3 Å². The SMILES string of the molecule is CC(=O)Nc1ccc(-n2ccnc2)cc1. The summed E-state index contributed by atoms with van der Waals surface area (Å²) in [6, 6.07) is 7.56. The Balaban J connectivity index is 2.21. The van der Waals surface area contributed by atoms with Crippen LogP contribution < -0.4 is 5.32 Å². The lowest BCUT2D eigenvalue weighted by atomic mass is 10.3. The Morgan fingerprint density at radius 2 is 2.07 bits per heavy atom. The van der Waals surface area contributed by atoms with Gasteiger partial charge in [0, 0.05) is 30.7 Å². The van der Waals surface area contributed by atoms with Crippen LogP contribution in [0.2, 0.25) is 0 Å². The van der Waals surface area contributed by atoms with Crippen molar-refractivity contribution in [3.63, 3.8) is 0 Å². The molecule has 1 heterocycles. The average molecular weight is 201 g/mol. The molecule has 0 unspecified atom stereocenters. The minimum Gasteiger partial charge on any atom is -0.326 e. The molecule has 15 heavy (non-hydrogen) atoms. The van der Waals surface area contributed by atoms with Crippen molar-refractivity contribution in [2.45, 2.75) is 6.92 Å². The molecule has 0 aliphatic carbocycles. The third kappa shape index (κ3) is 2.22. The minimum absolute atomic E-state index is 0.0645. The Bertz CT molecular complexity index is 445. The van der Waals surface area contributed by atoms with E-state index in [1.165, 1.54) is 6.92 Å². The van der Waals surface area contributed by atoms with Crippen LogP contribution in [0.1, 0.15) is 6.92 Å². The zero-order chi connectivity index (χ0) is 10.7. The van der Waals surface area contributed by atoms with Gasteiger partial charge in [-0.15, -0.1) is 0 Å². The topological polar surface area (TPSA) is 46.9 Å². The van der Waals surface area contributed by atoms with Crippen LogP contribution in [0.25, 0.3) is 5.69 Å². The van der Waals surface area contributed by atoms with E-state index in [1.54, 1.807) is 12.5 Å². The van der Waals surface area contributed by atoms with Gasteiger partial charge in [0.2, 0.25) is 5.91 Å². The van der Waals surface area contributed by atoms with Crippen molar-refractivity contribution in [2.24, 2.45) is 0 Å². The molecule has 2 rings (SSSR count). The van der Waals surface area contributed by atoms with E-state index in [0.29, 0.717) is 0 Å². The fourth-order valence-corrected chi connectivity index (χ4v) is 1.33. The van der Waals surface area contributed by atoms with Gasteiger partial charge in [0.05, 0.1) is 6.33 Å². The van der Waals surface area contributed by atoms with E-state index in [9.17, 15) is 4.79 Å². The summed E-state index contributed by atoms with van der Waals surface area (Å²) in [5.74, 6) is -0.0645. The van der Waals surface area contributed by atoms with Crippen molar-refractivity contribution in [2.75, 3.05) is 5.32 Å². The summed E-state index contributed by atoms with van der Waals surface area (Å²) in [4.78, 5) is 14.8. The monoisotopic (exact) mass is 201 g/mol. The number of aromatic nitrogens is 2. The predicted octanol–water partition coefficient (Wildman–Crippen LogP) is 1.83. The molecule has 76 valence electrons. The summed E-state index contributed by atoms with van der Waals surface area (Å²) in [6.45, 7) is 1.49. The summed E-state index contributed by atoms with van der Waals surface area (Å²) < 4.78 is 1.90. The molecule has 4 nitrogen and oxygen atoms in total. The lowest BCUT2D eigenvalue weighted by molar-refractivity contribution is -0.114. The number of rotatable bonds is 2. The van der Waals surface area contributed by atoms with E-state index >= 15 is 0 Å². The number of nitrogens with one attached hydrogen (secondary N) is 1. The van der Waals surface area contributed by atoms with E-state index in [-0.39, 0.29) is 5.91 Å². The van der Waals surface area contributed by atoms with Gasteiger partial charge >= 0.3 is 0 Å². The molecule has 0 aliphatic rings. The maximum Gasteiger partial charge on any atom is 0.221 e. The molecule has 1 aromatic heterocycles. The molecule has 1 N–H and O–H groups in total. The Morgan fingerprint density at radius 1 is 1.33 bits per heavy atom. The van der Waals surface area contributed by atoms with Gasteiger partial charge in [-0.2, -0.15) is 0 Å². The van der Waals surface area contributed by atoms with Crippen LogP contribution in [0.3, 0.4) is 0 Å². The molecule has 0 spiro atoms. The molecule has 4 heteroatoms. The van der Waals surface area contributed by atoms with Gasteiger partial charge in [-0.3, -0.25) is 4.79 Å². The van der Waals surface area contributed by atoms with Gasteiger partial charge in [-0.1, -0.05) is 0 Å². The fraction of sp³-hybridized carbons (Fsp3) is 0.0909. The van der Waals surface area contributed by atoms with Crippen LogP contribution in [0.15, 0.2) is 43.0 Å². The van der Waals surface area contributed by atoms with E-state index in [1.807, 2.05) is 35.0 Å². The predicted molar refractivity (Wildman–Crippen MR) is 57.9 cm³/mol. The smallest absolute Gasteiger partial charge is 0.221 e.